The van der Waals surface area contributed by atoms with Crippen molar-refractivity contribution >= 4 is 55.9 Å². The normalized spacial score (nSPS) is 14.8. The Morgan fingerprint density at radius 1 is 0.978 bits per heavy atom. The highest BCUT2D eigenvalue weighted by molar-refractivity contribution is 9.10. The second-order valence-electron chi connectivity index (χ2n) is 10.8. The lowest BCUT2D eigenvalue weighted by molar-refractivity contribution is -0.138. The van der Waals surface area contributed by atoms with Crippen molar-refractivity contribution in [2.45, 2.75) is 19.5 Å². The molecule has 1 aliphatic heterocycles. The molecule has 7 rings (SSSR count). The van der Waals surface area contributed by atoms with E-state index in [9.17, 15) is 14.0 Å². The molecule has 0 aliphatic carbocycles. The number of benzene rings is 4. The second-order valence-corrected chi connectivity index (χ2v) is 12.8. The fraction of sp³-hybridized carbons (Fsp3) is 0.108. The predicted molar refractivity (Wildman–Crippen MR) is 183 cm³/mol. The van der Waals surface area contributed by atoms with Gasteiger partial charge in [0.15, 0.2) is 4.80 Å². The first-order chi connectivity index (χ1) is 22.4. The van der Waals surface area contributed by atoms with Crippen LogP contribution >= 0.6 is 27.3 Å². The fourth-order valence-electron chi connectivity index (χ4n) is 5.85. The summed E-state index contributed by atoms with van der Waals surface area (Å²) in [5, 5.41) is 1.01. The van der Waals surface area contributed by atoms with E-state index in [1.54, 1.807) is 19.1 Å². The summed E-state index contributed by atoms with van der Waals surface area (Å²) >= 11 is 4.77. The third kappa shape index (κ3) is 5.57. The highest BCUT2D eigenvalue weighted by atomic mass is 79.9. The van der Waals surface area contributed by atoms with E-state index < -0.39 is 17.8 Å². The second kappa shape index (κ2) is 12.5. The topological polar surface area (TPSA) is 65.6 Å². The Bertz CT molecular complexity index is 2300. The number of hydrogen-bond acceptors (Lipinski definition) is 5. The number of hydrogen-bond donors (Lipinski definition) is 0. The Hall–Kier alpha value is -4.86. The van der Waals surface area contributed by atoms with Gasteiger partial charge in [-0.1, -0.05) is 100 Å². The maximum atomic E-state index is 14.3. The van der Waals surface area contributed by atoms with Crippen LogP contribution in [0.4, 0.5) is 4.39 Å². The quantitative estimate of drug-likeness (QED) is 0.172. The highest BCUT2D eigenvalue weighted by Crippen LogP contribution is 2.35. The van der Waals surface area contributed by atoms with E-state index in [0.29, 0.717) is 32.7 Å². The van der Waals surface area contributed by atoms with Gasteiger partial charge in [-0.15, -0.1) is 0 Å². The number of thiazole rings is 1. The van der Waals surface area contributed by atoms with Crippen molar-refractivity contribution in [2.75, 3.05) is 6.61 Å². The van der Waals surface area contributed by atoms with Gasteiger partial charge in [0.25, 0.3) is 5.56 Å². The van der Waals surface area contributed by atoms with Crippen LogP contribution in [0, 0.1) is 5.82 Å². The minimum absolute atomic E-state index is 0.148. The Kier molecular flexibility index (Phi) is 8.11. The Balaban J connectivity index is 1.44. The van der Waals surface area contributed by atoms with Crippen molar-refractivity contribution in [1.82, 2.24) is 9.13 Å². The Morgan fingerprint density at radius 2 is 1.70 bits per heavy atom. The monoisotopic (exact) mass is 691 g/mol. The standard InChI is InChI=1S/C37H27BrFN3O3S/c1-2-45-36(44)32-33(24-8-4-3-5-9-24)40-37-42(34(32)25-14-18-28(39)19-15-25)35(43)31(46-37)20-26-22-41(30-11-7-6-10-29(26)30)21-23-12-16-27(38)17-13-23/h3-20,22,34H,2,21H2,1H3/b31-20-/t34-/m0/s1. The van der Waals surface area contributed by atoms with Crippen LogP contribution in [-0.4, -0.2) is 21.7 Å². The van der Waals surface area contributed by atoms with Gasteiger partial charge in [0, 0.05) is 39.2 Å². The average Bonchev–Trinajstić information content (AvgIpc) is 3.58. The maximum absolute atomic E-state index is 14.3. The summed E-state index contributed by atoms with van der Waals surface area (Å²) in [7, 11) is 0. The third-order valence-corrected chi connectivity index (χ3v) is 9.44. The average molecular weight is 693 g/mol. The molecular formula is C37H27BrFN3O3S. The zero-order chi connectivity index (χ0) is 31.8. The number of fused-ring (bicyclic) bond motifs is 2. The van der Waals surface area contributed by atoms with Gasteiger partial charge in [-0.2, -0.15) is 0 Å². The van der Waals surface area contributed by atoms with Crippen LogP contribution in [0.2, 0.25) is 0 Å². The van der Waals surface area contributed by atoms with E-state index in [-0.39, 0.29) is 17.7 Å². The zero-order valence-electron chi connectivity index (χ0n) is 24.7. The summed E-state index contributed by atoms with van der Waals surface area (Å²) in [6.45, 7) is 2.54. The number of para-hydroxylation sites is 1. The van der Waals surface area contributed by atoms with Crippen LogP contribution in [0.1, 0.15) is 35.2 Å². The van der Waals surface area contributed by atoms with E-state index in [4.69, 9.17) is 9.73 Å². The van der Waals surface area contributed by atoms with E-state index in [0.717, 1.165) is 26.5 Å². The number of aromatic nitrogens is 2. The van der Waals surface area contributed by atoms with E-state index >= 15 is 0 Å². The Labute approximate surface area is 276 Å². The van der Waals surface area contributed by atoms with Crippen molar-refractivity contribution in [1.29, 1.82) is 0 Å². The molecule has 0 saturated carbocycles. The molecule has 0 saturated heterocycles. The first kappa shape index (κ1) is 29.8. The van der Waals surface area contributed by atoms with Gasteiger partial charge in [0.05, 0.1) is 28.5 Å². The fourth-order valence-corrected chi connectivity index (χ4v) is 7.11. The number of nitrogens with zero attached hydrogens (tertiary/aromatic N) is 3. The van der Waals surface area contributed by atoms with E-state index in [2.05, 4.69) is 44.9 Å². The van der Waals surface area contributed by atoms with Gasteiger partial charge in [-0.05, 0) is 54.5 Å². The van der Waals surface area contributed by atoms with Gasteiger partial charge < -0.3 is 9.30 Å². The number of carbonyl (C=O) groups excluding carboxylic acids is 1. The highest BCUT2D eigenvalue weighted by Gasteiger charge is 2.35. The van der Waals surface area contributed by atoms with Crippen LogP contribution in [0.5, 0.6) is 0 Å². The molecule has 0 spiro atoms. The molecule has 1 atom stereocenters. The molecule has 6 aromatic rings. The van der Waals surface area contributed by atoms with Crippen LogP contribution < -0.4 is 14.9 Å². The van der Waals surface area contributed by atoms with Gasteiger partial charge in [-0.3, -0.25) is 9.36 Å². The Morgan fingerprint density at radius 3 is 2.43 bits per heavy atom. The molecule has 1 aliphatic rings. The number of carbonyl (C=O) groups is 1. The molecule has 0 unspecified atom stereocenters. The molecule has 46 heavy (non-hydrogen) atoms. The molecule has 0 bridgehead atoms. The zero-order valence-corrected chi connectivity index (χ0v) is 27.1. The number of halogens is 2. The van der Waals surface area contributed by atoms with Gasteiger partial charge >= 0.3 is 5.97 Å². The van der Waals surface area contributed by atoms with Crippen LogP contribution in [0.3, 0.4) is 0 Å². The van der Waals surface area contributed by atoms with Gasteiger partial charge in [0.1, 0.15) is 5.82 Å². The lowest BCUT2D eigenvalue weighted by Crippen LogP contribution is -2.40. The number of esters is 1. The summed E-state index contributed by atoms with van der Waals surface area (Å²) in [6, 6.07) is 30.7. The largest absolute Gasteiger partial charge is 0.463 e. The molecule has 6 nitrogen and oxygen atoms in total. The minimum Gasteiger partial charge on any atom is -0.463 e. The predicted octanol–water partition coefficient (Wildman–Crippen LogP) is 6.84. The van der Waals surface area contributed by atoms with Gasteiger partial charge in [0.2, 0.25) is 0 Å². The molecule has 3 heterocycles. The lowest BCUT2D eigenvalue weighted by Gasteiger charge is -2.25. The molecule has 0 radical (unpaired) electrons. The number of rotatable bonds is 7. The summed E-state index contributed by atoms with van der Waals surface area (Å²) in [5.41, 5.74) is 4.73. The third-order valence-electron chi connectivity index (χ3n) is 7.93. The summed E-state index contributed by atoms with van der Waals surface area (Å²) < 4.78 is 24.8. The molecular weight excluding hydrogens is 665 g/mol. The molecule has 0 fully saturated rings. The first-order valence-corrected chi connectivity index (χ1v) is 16.4. The smallest absolute Gasteiger partial charge is 0.338 e. The van der Waals surface area contributed by atoms with Crippen molar-refractivity contribution in [2.24, 2.45) is 4.99 Å². The van der Waals surface area contributed by atoms with Gasteiger partial charge in [-0.25, -0.2) is 14.2 Å². The summed E-state index contributed by atoms with van der Waals surface area (Å²) in [4.78, 5) is 33.3. The van der Waals surface area contributed by atoms with Crippen LogP contribution in [-0.2, 0) is 16.1 Å². The van der Waals surface area contributed by atoms with Crippen molar-refractivity contribution in [3.63, 3.8) is 0 Å². The summed E-state index contributed by atoms with van der Waals surface area (Å²) in [6.07, 6.45) is 3.95. The summed E-state index contributed by atoms with van der Waals surface area (Å²) in [5.74, 6) is -0.995. The van der Waals surface area contributed by atoms with E-state index in [1.165, 1.54) is 28.0 Å². The first-order valence-electron chi connectivity index (χ1n) is 14.8. The van der Waals surface area contributed by atoms with Crippen LogP contribution in [0.15, 0.2) is 129 Å². The molecule has 0 amide bonds. The SMILES string of the molecule is CCOC(=O)C1=C(c2ccccc2)N=c2s/c(=C\c3cn(Cc4ccc(Br)cc4)c4ccccc34)c(=O)n2[C@H]1c1ccc(F)cc1. The maximum Gasteiger partial charge on any atom is 0.338 e. The lowest BCUT2D eigenvalue weighted by atomic mass is 9.93. The van der Waals surface area contributed by atoms with E-state index in [1.807, 2.05) is 66.7 Å². The van der Waals surface area contributed by atoms with Crippen LogP contribution in [0.25, 0.3) is 22.7 Å². The molecule has 4 aromatic carbocycles. The molecule has 0 N–H and O–H groups in total. The minimum atomic E-state index is -0.869. The van der Waals surface area contributed by atoms with Crippen molar-refractivity contribution in [3.05, 3.63) is 167 Å². The molecule has 228 valence electrons. The molecule has 2 aromatic heterocycles. The van der Waals surface area contributed by atoms with Crippen molar-refractivity contribution in [3.8, 4) is 0 Å². The molecule has 9 heteroatoms. The number of ether oxygens (including phenoxy) is 1. The van der Waals surface area contributed by atoms with Crippen molar-refractivity contribution < 1.29 is 13.9 Å².